The Morgan fingerprint density at radius 1 is 1.45 bits per heavy atom. The molecule has 0 radical (unpaired) electrons. The van der Waals surface area contributed by atoms with Crippen LogP contribution < -0.4 is 5.73 Å². The molecule has 0 spiro atoms. The van der Waals surface area contributed by atoms with E-state index in [9.17, 15) is 9.59 Å². The van der Waals surface area contributed by atoms with Gasteiger partial charge in [0.05, 0.1) is 22.7 Å². The Labute approximate surface area is 132 Å². The van der Waals surface area contributed by atoms with Crippen LogP contribution in [0.3, 0.4) is 0 Å². The average Bonchev–Trinajstić information content (AvgIpc) is 3.18. The molecule has 1 aliphatic rings. The molecule has 0 unspecified atom stereocenters. The fraction of sp³-hybridized carbons (Fsp3) is 0.375. The van der Waals surface area contributed by atoms with Gasteiger partial charge in [-0.3, -0.25) is 9.59 Å². The van der Waals surface area contributed by atoms with Gasteiger partial charge in [0.1, 0.15) is 5.76 Å². The number of hydrogen-bond acceptors (Lipinski definition) is 4. The number of nitrogens with zero attached hydrogens (tertiary/aromatic N) is 1. The van der Waals surface area contributed by atoms with Crippen molar-refractivity contribution in [2.45, 2.75) is 25.8 Å². The van der Waals surface area contributed by atoms with E-state index < -0.39 is 5.91 Å². The average molecular weight is 318 g/mol. The number of rotatable bonds is 3. The molecule has 3 rings (SSSR count). The van der Waals surface area contributed by atoms with Crippen molar-refractivity contribution in [1.29, 1.82) is 0 Å². The molecule has 2 aromatic heterocycles. The molecule has 3 heterocycles. The highest BCUT2D eigenvalue weighted by Gasteiger charge is 2.33. The van der Waals surface area contributed by atoms with Crippen LogP contribution in [0, 0.1) is 5.92 Å². The topological polar surface area (TPSA) is 76.5 Å². The van der Waals surface area contributed by atoms with Gasteiger partial charge in [-0.2, -0.15) is 0 Å². The summed E-state index contributed by atoms with van der Waals surface area (Å²) in [5.74, 6) is 0.784. The van der Waals surface area contributed by atoms with E-state index in [1.54, 1.807) is 17.7 Å². The molecule has 2 atom stereocenters. The number of thiophene rings is 1. The number of piperidine rings is 1. The first-order valence-electron chi connectivity index (χ1n) is 7.29. The van der Waals surface area contributed by atoms with Gasteiger partial charge in [0.25, 0.3) is 5.91 Å². The molecule has 0 saturated carbocycles. The molecule has 2 aromatic rings. The second kappa shape index (κ2) is 5.96. The molecule has 5 nitrogen and oxygen atoms in total. The Kier molecular flexibility index (Phi) is 4.02. The molecule has 0 bridgehead atoms. The summed E-state index contributed by atoms with van der Waals surface area (Å²) >= 11 is 1.26. The molecule has 2 N–H and O–H groups in total. The minimum Gasteiger partial charge on any atom is -0.467 e. The van der Waals surface area contributed by atoms with Gasteiger partial charge in [0.2, 0.25) is 5.91 Å². The quantitative estimate of drug-likeness (QED) is 0.945. The summed E-state index contributed by atoms with van der Waals surface area (Å²) in [5, 5.41) is 1.63. The van der Waals surface area contributed by atoms with Gasteiger partial charge in [-0.25, -0.2) is 0 Å². The Bertz CT molecular complexity index is 677. The lowest BCUT2D eigenvalue weighted by molar-refractivity contribution is 0.0526. The third kappa shape index (κ3) is 2.78. The zero-order valence-electron chi connectivity index (χ0n) is 12.3. The van der Waals surface area contributed by atoms with E-state index in [1.165, 1.54) is 11.3 Å². The van der Waals surface area contributed by atoms with Crippen LogP contribution in [-0.2, 0) is 0 Å². The Hall–Kier alpha value is -2.08. The largest absolute Gasteiger partial charge is 0.467 e. The van der Waals surface area contributed by atoms with Crippen molar-refractivity contribution < 1.29 is 14.0 Å². The fourth-order valence-electron chi connectivity index (χ4n) is 2.85. The van der Waals surface area contributed by atoms with Crippen LogP contribution in [0.4, 0.5) is 0 Å². The van der Waals surface area contributed by atoms with Crippen molar-refractivity contribution in [3.63, 3.8) is 0 Å². The number of primary amides is 1. The highest BCUT2D eigenvalue weighted by molar-refractivity contribution is 7.12. The summed E-state index contributed by atoms with van der Waals surface area (Å²) in [4.78, 5) is 26.4. The zero-order valence-corrected chi connectivity index (χ0v) is 13.1. The van der Waals surface area contributed by atoms with Gasteiger partial charge < -0.3 is 15.1 Å². The van der Waals surface area contributed by atoms with E-state index in [0.29, 0.717) is 22.9 Å². The van der Waals surface area contributed by atoms with Gasteiger partial charge in [-0.1, -0.05) is 6.92 Å². The number of hydrogen-bond donors (Lipinski definition) is 1. The second-order valence-electron chi connectivity index (χ2n) is 5.72. The highest BCUT2D eigenvalue weighted by atomic mass is 32.1. The Balaban J connectivity index is 1.86. The lowest BCUT2D eigenvalue weighted by Gasteiger charge is -2.37. The number of nitrogens with two attached hydrogens (primary N) is 1. The lowest BCUT2D eigenvalue weighted by Crippen LogP contribution is -2.40. The SMILES string of the molecule is C[C@@H]1CCN(C(=O)c2cc(C(N)=O)cs2)[C@H](c2ccco2)C1. The molecule has 1 fully saturated rings. The van der Waals surface area contributed by atoms with Crippen molar-refractivity contribution in [2.75, 3.05) is 6.54 Å². The third-order valence-corrected chi connectivity index (χ3v) is 5.01. The lowest BCUT2D eigenvalue weighted by atomic mass is 9.91. The molecule has 0 aliphatic carbocycles. The number of carbonyl (C=O) groups excluding carboxylic acids is 2. The van der Waals surface area contributed by atoms with E-state index in [-0.39, 0.29) is 11.9 Å². The number of likely N-dealkylation sites (tertiary alicyclic amines) is 1. The molecule has 6 heteroatoms. The minimum atomic E-state index is -0.509. The third-order valence-electron chi connectivity index (χ3n) is 4.09. The molecule has 1 saturated heterocycles. The van der Waals surface area contributed by atoms with Crippen molar-refractivity contribution in [3.8, 4) is 0 Å². The van der Waals surface area contributed by atoms with Crippen LogP contribution in [0.5, 0.6) is 0 Å². The maximum atomic E-state index is 12.8. The summed E-state index contributed by atoms with van der Waals surface area (Å²) in [6.07, 6.45) is 3.48. The molecule has 116 valence electrons. The Morgan fingerprint density at radius 3 is 2.91 bits per heavy atom. The van der Waals surface area contributed by atoms with Gasteiger partial charge in [-0.05, 0) is 37.0 Å². The maximum absolute atomic E-state index is 12.8. The number of carbonyl (C=O) groups is 2. The molecular weight excluding hydrogens is 300 g/mol. The first kappa shape index (κ1) is 14.8. The van der Waals surface area contributed by atoms with E-state index in [1.807, 2.05) is 17.0 Å². The maximum Gasteiger partial charge on any atom is 0.264 e. The van der Waals surface area contributed by atoms with Crippen molar-refractivity contribution in [3.05, 3.63) is 46.0 Å². The monoisotopic (exact) mass is 318 g/mol. The summed E-state index contributed by atoms with van der Waals surface area (Å²) in [7, 11) is 0. The van der Waals surface area contributed by atoms with Crippen LogP contribution in [0.1, 0.15) is 51.6 Å². The van der Waals surface area contributed by atoms with Crippen LogP contribution in [0.15, 0.2) is 34.3 Å². The second-order valence-corrected chi connectivity index (χ2v) is 6.63. The van der Waals surface area contributed by atoms with Gasteiger partial charge in [0.15, 0.2) is 0 Å². The van der Waals surface area contributed by atoms with Crippen LogP contribution in [0.2, 0.25) is 0 Å². The predicted molar refractivity (Wildman–Crippen MR) is 83.7 cm³/mol. The number of furan rings is 1. The molecular formula is C16H18N2O3S. The molecule has 1 aliphatic heterocycles. The van der Waals surface area contributed by atoms with Gasteiger partial charge in [-0.15, -0.1) is 11.3 Å². The summed E-state index contributed by atoms with van der Waals surface area (Å²) < 4.78 is 5.52. The number of amides is 2. The normalized spacial score (nSPS) is 21.8. The summed E-state index contributed by atoms with van der Waals surface area (Å²) in [6, 6.07) is 5.28. The van der Waals surface area contributed by atoms with E-state index in [2.05, 4.69) is 6.92 Å². The smallest absolute Gasteiger partial charge is 0.264 e. The van der Waals surface area contributed by atoms with Crippen LogP contribution in [0.25, 0.3) is 0 Å². The standard InChI is InChI=1S/C16H18N2O3S/c1-10-4-5-18(12(7-10)13-3-2-6-21-13)16(20)14-8-11(9-22-14)15(17)19/h2-3,6,8-10,12H,4-5,7H2,1H3,(H2,17,19)/t10-,12+/m1/s1. The van der Waals surface area contributed by atoms with Crippen molar-refractivity contribution in [1.82, 2.24) is 4.90 Å². The predicted octanol–water partition coefficient (Wildman–Crippen LogP) is 3.05. The van der Waals surface area contributed by atoms with E-state index >= 15 is 0 Å². The van der Waals surface area contributed by atoms with Crippen LogP contribution >= 0.6 is 11.3 Å². The highest BCUT2D eigenvalue weighted by Crippen LogP contribution is 2.35. The first-order chi connectivity index (χ1) is 10.6. The van der Waals surface area contributed by atoms with E-state index in [0.717, 1.165) is 18.6 Å². The molecule has 0 aromatic carbocycles. The molecule has 22 heavy (non-hydrogen) atoms. The van der Waals surface area contributed by atoms with Crippen molar-refractivity contribution >= 4 is 23.2 Å². The molecule has 2 amide bonds. The van der Waals surface area contributed by atoms with Gasteiger partial charge >= 0.3 is 0 Å². The minimum absolute atomic E-state index is 0.0506. The van der Waals surface area contributed by atoms with Gasteiger partial charge in [0, 0.05) is 11.9 Å². The summed E-state index contributed by atoms with van der Waals surface area (Å²) in [5.41, 5.74) is 5.64. The summed E-state index contributed by atoms with van der Waals surface area (Å²) in [6.45, 7) is 2.88. The van der Waals surface area contributed by atoms with Crippen LogP contribution in [-0.4, -0.2) is 23.3 Å². The van der Waals surface area contributed by atoms with Crippen molar-refractivity contribution in [2.24, 2.45) is 11.7 Å². The van der Waals surface area contributed by atoms with E-state index in [4.69, 9.17) is 10.2 Å². The fourth-order valence-corrected chi connectivity index (χ4v) is 3.71. The first-order valence-corrected chi connectivity index (χ1v) is 8.17. The zero-order chi connectivity index (χ0) is 15.7. The Morgan fingerprint density at radius 2 is 2.27 bits per heavy atom.